The van der Waals surface area contributed by atoms with Crippen LogP contribution in [0.1, 0.15) is 35.7 Å². The number of carbonyl (C=O) groups excluding carboxylic acids is 1. The van der Waals surface area contributed by atoms with Gasteiger partial charge in [0.1, 0.15) is 0 Å². The number of rotatable bonds is 3. The Balaban J connectivity index is 1.95. The van der Waals surface area contributed by atoms with Gasteiger partial charge in [-0.25, -0.2) is 9.50 Å². The summed E-state index contributed by atoms with van der Waals surface area (Å²) in [7, 11) is 1.77. The third-order valence-corrected chi connectivity index (χ3v) is 3.22. The topological polar surface area (TPSA) is 77.1 Å². The first kappa shape index (κ1) is 13.3. The van der Waals surface area contributed by atoms with Crippen molar-refractivity contribution in [1.29, 1.82) is 0 Å². The highest BCUT2D eigenvalue weighted by atomic mass is 16.1. The van der Waals surface area contributed by atoms with Gasteiger partial charge in [-0.3, -0.25) is 9.48 Å². The van der Waals surface area contributed by atoms with Crippen molar-refractivity contribution in [2.75, 3.05) is 5.32 Å². The fourth-order valence-corrected chi connectivity index (χ4v) is 2.15. The molecule has 0 spiro atoms. The highest BCUT2D eigenvalue weighted by molar-refractivity contribution is 6.03. The van der Waals surface area contributed by atoms with Gasteiger partial charge in [0.05, 0.1) is 11.8 Å². The van der Waals surface area contributed by atoms with Gasteiger partial charge >= 0.3 is 0 Å². The third-order valence-electron chi connectivity index (χ3n) is 3.22. The zero-order chi connectivity index (χ0) is 15.0. The second-order valence-corrected chi connectivity index (χ2v) is 5.19. The number of imidazole rings is 1. The average Bonchev–Trinajstić information content (AvgIpc) is 3.05. The molecule has 1 N–H and O–H groups in total. The molecule has 1 amide bonds. The maximum atomic E-state index is 12.2. The first-order chi connectivity index (χ1) is 10.0. The van der Waals surface area contributed by atoms with E-state index in [0.29, 0.717) is 11.4 Å². The van der Waals surface area contributed by atoms with E-state index >= 15 is 0 Å². The molecule has 0 radical (unpaired) electrons. The van der Waals surface area contributed by atoms with Crippen LogP contribution < -0.4 is 5.32 Å². The molecule has 0 aliphatic carbocycles. The normalized spacial score (nSPS) is 11.2. The molecule has 0 aliphatic rings. The first-order valence-electron chi connectivity index (χ1n) is 6.69. The Morgan fingerprint density at radius 1 is 1.38 bits per heavy atom. The molecule has 3 rings (SSSR count). The summed E-state index contributed by atoms with van der Waals surface area (Å²) in [5.74, 6) is 0.551. The molecule has 0 fully saturated rings. The number of hydrogen-bond acceptors (Lipinski definition) is 4. The summed E-state index contributed by atoms with van der Waals surface area (Å²) < 4.78 is 3.26. The van der Waals surface area contributed by atoms with E-state index in [1.807, 2.05) is 6.07 Å². The summed E-state index contributed by atoms with van der Waals surface area (Å²) >= 11 is 0. The number of nitrogens with zero attached hydrogens (tertiary/aromatic N) is 5. The van der Waals surface area contributed by atoms with Gasteiger partial charge < -0.3 is 5.32 Å². The first-order valence-corrected chi connectivity index (χ1v) is 6.69. The van der Waals surface area contributed by atoms with Crippen LogP contribution in [0.25, 0.3) is 5.65 Å². The van der Waals surface area contributed by atoms with Gasteiger partial charge in [0.15, 0.2) is 11.5 Å². The van der Waals surface area contributed by atoms with Crippen molar-refractivity contribution < 1.29 is 4.79 Å². The van der Waals surface area contributed by atoms with Crippen LogP contribution in [0.2, 0.25) is 0 Å². The molecule has 0 saturated carbocycles. The number of nitrogens with one attached hydrogen (secondary N) is 1. The Kier molecular flexibility index (Phi) is 3.17. The zero-order valence-corrected chi connectivity index (χ0v) is 12.1. The average molecular weight is 284 g/mol. The van der Waals surface area contributed by atoms with E-state index in [4.69, 9.17) is 0 Å². The number of amides is 1. The van der Waals surface area contributed by atoms with Gasteiger partial charge in [0.2, 0.25) is 0 Å². The van der Waals surface area contributed by atoms with Crippen LogP contribution in [-0.2, 0) is 7.05 Å². The fraction of sp³-hybridized carbons (Fsp3) is 0.286. The molecule has 0 saturated heterocycles. The molecule has 7 heteroatoms. The Labute approximate surface area is 121 Å². The quantitative estimate of drug-likeness (QED) is 0.796. The number of fused-ring (bicyclic) bond motifs is 1. The van der Waals surface area contributed by atoms with Gasteiger partial charge in [-0.05, 0) is 12.0 Å². The molecular weight excluding hydrogens is 268 g/mol. The molecule has 0 aliphatic heterocycles. The molecule has 21 heavy (non-hydrogen) atoms. The molecule has 3 aromatic heterocycles. The van der Waals surface area contributed by atoms with Gasteiger partial charge in [-0.15, -0.1) is 5.10 Å². The largest absolute Gasteiger partial charge is 0.305 e. The molecule has 3 heterocycles. The van der Waals surface area contributed by atoms with Crippen LogP contribution in [0.15, 0.2) is 30.9 Å². The van der Waals surface area contributed by atoms with E-state index in [0.717, 1.165) is 11.2 Å². The minimum absolute atomic E-state index is 0.232. The van der Waals surface area contributed by atoms with Crippen molar-refractivity contribution in [2.45, 2.75) is 19.8 Å². The molecule has 3 aromatic rings. The molecule has 0 aromatic carbocycles. The van der Waals surface area contributed by atoms with Crippen molar-refractivity contribution in [2.24, 2.45) is 7.05 Å². The molecule has 0 bridgehead atoms. The Hall–Kier alpha value is -2.70. The van der Waals surface area contributed by atoms with Crippen molar-refractivity contribution in [1.82, 2.24) is 24.4 Å². The molecule has 0 atom stereocenters. The zero-order valence-electron chi connectivity index (χ0n) is 12.1. The minimum Gasteiger partial charge on any atom is -0.305 e. The Bertz CT molecular complexity index is 801. The van der Waals surface area contributed by atoms with Crippen LogP contribution in [0.3, 0.4) is 0 Å². The van der Waals surface area contributed by atoms with E-state index in [2.05, 4.69) is 34.3 Å². The van der Waals surface area contributed by atoms with Crippen LogP contribution in [0.4, 0.5) is 5.82 Å². The second-order valence-electron chi connectivity index (χ2n) is 5.19. The van der Waals surface area contributed by atoms with E-state index in [1.165, 1.54) is 6.20 Å². The molecule has 0 unspecified atom stereocenters. The molecule has 7 nitrogen and oxygen atoms in total. The van der Waals surface area contributed by atoms with Gasteiger partial charge in [-0.2, -0.15) is 5.10 Å². The van der Waals surface area contributed by atoms with Crippen LogP contribution in [0, 0.1) is 0 Å². The van der Waals surface area contributed by atoms with E-state index in [-0.39, 0.29) is 11.8 Å². The standard InChI is InChI=1S/C14H16N6O/c1-9(2)11-6-12(18-20-5-4-15-13(11)20)17-14(21)10-7-16-19(3)8-10/h4-9H,1-3H3,(H,17,18,21). The SMILES string of the molecule is CC(C)c1cc(NC(=O)c2cnn(C)c2)nn2ccnc12. The van der Waals surface area contributed by atoms with Crippen LogP contribution in [-0.4, -0.2) is 30.3 Å². The maximum Gasteiger partial charge on any atom is 0.260 e. The number of aromatic nitrogens is 5. The Morgan fingerprint density at radius 2 is 2.19 bits per heavy atom. The predicted octanol–water partition coefficient (Wildman–Crippen LogP) is 1.84. The summed E-state index contributed by atoms with van der Waals surface area (Å²) in [4.78, 5) is 16.4. The van der Waals surface area contributed by atoms with Crippen molar-refractivity contribution in [3.05, 3.63) is 42.0 Å². The maximum absolute atomic E-state index is 12.2. The highest BCUT2D eigenvalue weighted by Gasteiger charge is 2.13. The van der Waals surface area contributed by atoms with Crippen LogP contribution in [0.5, 0.6) is 0 Å². The van der Waals surface area contributed by atoms with Gasteiger partial charge in [0.25, 0.3) is 5.91 Å². The van der Waals surface area contributed by atoms with Gasteiger partial charge in [-0.1, -0.05) is 13.8 Å². The van der Waals surface area contributed by atoms with Crippen molar-refractivity contribution >= 4 is 17.4 Å². The Morgan fingerprint density at radius 3 is 2.86 bits per heavy atom. The lowest BCUT2D eigenvalue weighted by molar-refractivity contribution is 0.102. The van der Waals surface area contributed by atoms with Crippen molar-refractivity contribution in [3.63, 3.8) is 0 Å². The summed E-state index contributed by atoms with van der Waals surface area (Å²) in [6.07, 6.45) is 6.64. The summed E-state index contributed by atoms with van der Waals surface area (Å²) in [5.41, 5.74) is 2.34. The minimum atomic E-state index is -0.232. The number of carbonyl (C=O) groups is 1. The monoisotopic (exact) mass is 284 g/mol. The second kappa shape index (κ2) is 5.01. The number of aryl methyl sites for hydroxylation is 1. The van der Waals surface area contributed by atoms with E-state index in [9.17, 15) is 4.79 Å². The smallest absolute Gasteiger partial charge is 0.260 e. The number of anilines is 1. The lowest BCUT2D eigenvalue weighted by Crippen LogP contribution is -2.14. The number of hydrogen-bond donors (Lipinski definition) is 1. The summed E-state index contributed by atoms with van der Waals surface area (Å²) in [5, 5.41) is 11.1. The summed E-state index contributed by atoms with van der Waals surface area (Å²) in [6.45, 7) is 4.16. The van der Waals surface area contributed by atoms with Crippen LogP contribution >= 0.6 is 0 Å². The molecule has 108 valence electrons. The lowest BCUT2D eigenvalue weighted by Gasteiger charge is -2.10. The van der Waals surface area contributed by atoms with E-state index < -0.39 is 0 Å². The summed E-state index contributed by atoms with van der Waals surface area (Å²) in [6, 6.07) is 1.86. The third kappa shape index (κ3) is 2.49. The van der Waals surface area contributed by atoms with E-state index in [1.54, 1.807) is 34.8 Å². The van der Waals surface area contributed by atoms with Gasteiger partial charge in [0, 0.05) is 31.2 Å². The lowest BCUT2D eigenvalue weighted by atomic mass is 10.1. The predicted molar refractivity (Wildman–Crippen MR) is 78.2 cm³/mol. The highest BCUT2D eigenvalue weighted by Crippen LogP contribution is 2.21. The fourth-order valence-electron chi connectivity index (χ4n) is 2.15. The van der Waals surface area contributed by atoms with Crippen molar-refractivity contribution in [3.8, 4) is 0 Å². The molecular formula is C14H16N6O.